The van der Waals surface area contributed by atoms with Crippen LogP contribution < -0.4 is 0 Å². The molecule has 0 spiro atoms. The second-order valence-corrected chi connectivity index (χ2v) is 4.39. The molecule has 1 aliphatic carbocycles. The lowest BCUT2D eigenvalue weighted by atomic mass is 9.98. The first-order valence-electron chi connectivity index (χ1n) is 6.61. The molecule has 0 atom stereocenters. The van der Waals surface area contributed by atoms with Gasteiger partial charge in [0.15, 0.2) is 0 Å². The summed E-state index contributed by atoms with van der Waals surface area (Å²) in [6.45, 7) is 9.07. The second kappa shape index (κ2) is 7.86. The zero-order valence-electron chi connectivity index (χ0n) is 10.5. The van der Waals surface area contributed by atoms with Crippen LogP contribution in [-0.2, 0) is 0 Å². The van der Waals surface area contributed by atoms with Crippen molar-refractivity contribution in [1.29, 1.82) is 0 Å². The number of rotatable bonds is 6. The maximum absolute atomic E-state index is 4.71. The van der Waals surface area contributed by atoms with Crippen LogP contribution in [0.4, 0.5) is 0 Å². The molecule has 0 unspecified atom stereocenters. The summed E-state index contributed by atoms with van der Waals surface area (Å²) < 4.78 is 0. The van der Waals surface area contributed by atoms with Gasteiger partial charge < -0.3 is 4.90 Å². The highest BCUT2D eigenvalue weighted by molar-refractivity contribution is 5.84. The Morgan fingerprint density at radius 2 is 1.73 bits per heavy atom. The molecule has 1 fully saturated rings. The fraction of sp³-hybridized carbons (Fsp3) is 0.923. The van der Waals surface area contributed by atoms with Gasteiger partial charge >= 0.3 is 0 Å². The normalized spacial score (nSPS) is 17.1. The van der Waals surface area contributed by atoms with Crippen LogP contribution in [0.3, 0.4) is 0 Å². The standard InChI is InChI=1S/C13H26N2/c1-3-15(4-2)12-8-11-14-13-9-6-5-7-10-13/h3-12H2,1-2H3. The van der Waals surface area contributed by atoms with Gasteiger partial charge in [-0.2, -0.15) is 0 Å². The molecule has 0 aromatic heterocycles. The summed E-state index contributed by atoms with van der Waals surface area (Å²) in [6, 6.07) is 0. The van der Waals surface area contributed by atoms with Crippen molar-refractivity contribution >= 4 is 5.71 Å². The molecule has 0 aromatic rings. The summed E-state index contributed by atoms with van der Waals surface area (Å²) in [6.07, 6.45) is 7.92. The Morgan fingerprint density at radius 1 is 1.07 bits per heavy atom. The molecule has 0 saturated heterocycles. The van der Waals surface area contributed by atoms with E-state index in [-0.39, 0.29) is 0 Å². The highest BCUT2D eigenvalue weighted by Gasteiger charge is 2.05. The Labute approximate surface area is 94.8 Å². The maximum atomic E-state index is 4.71. The summed E-state index contributed by atoms with van der Waals surface area (Å²) in [5.74, 6) is 0. The van der Waals surface area contributed by atoms with E-state index in [2.05, 4.69) is 18.7 Å². The SMILES string of the molecule is CCN(CC)CCCN=C1CCCCC1. The largest absolute Gasteiger partial charge is 0.304 e. The van der Waals surface area contributed by atoms with Crippen molar-refractivity contribution in [3.05, 3.63) is 0 Å². The molecule has 2 heteroatoms. The van der Waals surface area contributed by atoms with E-state index >= 15 is 0 Å². The minimum atomic E-state index is 1.05. The lowest BCUT2D eigenvalue weighted by Gasteiger charge is -2.17. The number of hydrogen-bond acceptors (Lipinski definition) is 2. The molecule has 2 nitrogen and oxygen atoms in total. The van der Waals surface area contributed by atoms with E-state index in [1.807, 2.05) is 0 Å². The van der Waals surface area contributed by atoms with Crippen LogP contribution in [0.25, 0.3) is 0 Å². The van der Waals surface area contributed by atoms with Gasteiger partial charge in [-0.05, 0) is 51.7 Å². The minimum absolute atomic E-state index is 1.05. The lowest BCUT2D eigenvalue weighted by molar-refractivity contribution is 0.302. The Bertz CT molecular complexity index is 175. The molecular formula is C13H26N2. The van der Waals surface area contributed by atoms with Crippen molar-refractivity contribution in [1.82, 2.24) is 4.90 Å². The third-order valence-electron chi connectivity index (χ3n) is 3.29. The molecule has 0 amide bonds. The van der Waals surface area contributed by atoms with Crippen LogP contribution in [0.2, 0.25) is 0 Å². The van der Waals surface area contributed by atoms with Crippen LogP contribution in [0.5, 0.6) is 0 Å². The van der Waals surface area contributed by atoms with Crippen molar-refractivity contribution in [2.45, 2.75) is 52.4 Å². The van der Waals surface area contributed by atoms with E-state index in [1.54, 1.807) is 0 Å². The second-order valence-electron chi connectivity index (χ2n) is 4.39. The van der Waals surface area contributed by atoms with Gasteiger partial charge in [-0.3, -0.25) is 4.99 Å². The van der Waals surface area contributed by atoms with E-state index < -0.39 is 0 Å². The van der Waals surface area contributed by atoms with Crippen LogP contribution in [0.1, 0.15) is 52.4 Å². The van der Waals surface area contributed by atoms with Crippen molar-refractivity contribution < 1.29 is 0 Å². The highest BCUT2D eigenvalue weighted by atomic mass is 15.1. The van der Waals surface area contributed by atoms with Gasteiger partial charge in [-0.25, -0.2) is 0 Å². The number of nitrogens with zero attached hydrogens (tertiary/aromatic N) is 2. The molecule has 0 heterocycles. The first kappa shape index (κ1) is 12.7. The first-order chi connectivity index (χ1) is 7.36. The van der Waals surface area contributed by atoms with Gasteiger partial charge in [0.2, 0.25) is 0 Å². The van der Waals surface area contributed by atoms with Gasteiger partial charge in [-0.1, -0.05) is 20.3 Å². The van der Waals surface area contributed by atoms with Crippen molar-refractivity contribution in [3.63, 3.8) is 0 Å². The Hall–Kier alpha value is -0.370. The Kier molecular flexibility index (Phi) is 6.66. The summed E-state index contributed by atoms with van der Waals surface area (Å²) >= 11 is 0. The predicted octanol–water partition coefficient (Wildman–Crippen LogP) is 3.12. The van der Waals surface area contributed by atoms with Crippen LogP contribution >= 0.6 is 0 Å². The van der Waals surface area contributed by atoms with E-state index in [4.69, 9.17) is 4.99 Å². The van der Waals surface area contributed by atoms with E-state index in [0.717, 1.165) is 6.54 Å². The highest BCUT2D eigenvalue weighted by Crippen LogP contribution is 2.14. The maximum Gasteiger partial charge on any atom is 0.0400 e. The molecule has 88 valence electrons. The van der Waals surface area contributed by atoms with E-state index in [0.29, 0.717) is 0 Å². The molecule has 15 heavy (non-hydrogen) atoms. The topological polar surface area (TPSA) is 15.6 Å². The summed E-state index contributed by atoms with van der Waals surface area (Å²) in [4.78, 5) is 7.19. The van der Waals surface area contributed by atoms with Gasteiger partial charge in [0.25, 0.3) is 0 Å². The molecule has 1 aliphatic rings. The molecule has 1 rings (SSSR count). The lowest BCUT2D eigenvalue weighted by Crippen LogP contribution is -2.24. The third-order valence-corrected chi connectivity index (χ3v) is 3.29. The zero-order chi connectivity index (χ0) is 10.9. The summed E-state index contributed by atoms with van der Waals surface area (Å²) in [5.41, 5.74) is 1.49. The first-order valence-corrected chi connectivity index (χ1v) is 6.61. The average molecular weight is 210 g/mol. The smallest absolute Gasteiger partial charge is 0.0400 e. The quantitative estimate of drug-likeness (QED) is 0.615. The van der Waals surface area contributed by atoms with Crippen molar-refractivity contribution in [3.8, 4) is 0 Å². The Morgan fingerprint density at radius 3 is 2.33 bits per heavy atom. The van der Waals surface area contributed by atoms with Crippen molar-refractivity contribution in [2.24, 2.45) is 4.99 Å². The van der Waals surface area contributed by atoms with E-state index in [9.17, 15) is 0 Å². The van der Waals surface area contributed by atoms with Gasteiger partial charge in [0.1, 0.15) is 0 Å². The molecule has 0 N–H and O–H groups in total. The monoisotopic (exact) mass is 210 g/mol. The summed E-state index contributed by atoms with van der Waals surface area (Å²) in [7, 11) is 0. The van der Waals surface area contributed by atoms with Gasteiger partial charge in [0.05, 0.1) is 0 Å². The molecular weight excluding hydrogens is 184 g/mol. The average Bonchev–Trinajstić information content (AvgIpc) is 2.31. The van der Waals surface area contributed by atoms with Crippen LogP contribution in [0.15, 0.2) is 4.99 Å². The number of aliphatic imine (C=N–C) groups is 1. The molecule has 0 aromatic carbocycles. The van der Waals surface area contributed by atoms with Gasteiger partial charge in [0, 0.05) is 12.3 Å². The van der Waals surface area contributed by atoms with Crippen molar-refractivity contribution in [2.75, 3.05) is 26.2 Å². The fourth-order valence-corrected chi connectivity index (χ4v) is 2.19. The molecule has 1 saturated carbocycles. The summed E-state index contributed by atoms with van der Waals surface area (Å²) in [5, 5.41) is 0. The van der Waals surface area contributed by atoms with Crippen LogP contribution in [0, 0.1) is 0 Å². The zero-order valence-corrected chi connectivity index (χ0v) is 10.5. The molecule has 0 radical (unpaired) electrons. The molecule has 0 aliphatic heterocycles. The molecule has 0 bridgehead atoms. The number of hydrogen-bond donors (Lipinski definition) is 0. The predicted molar refractivity (Wildman–Crippen MR) is 67.8 cm³/mol. The van der Waals surface area contributed by atoms with E-state index in [1.165, 1.54) is 63.9 Å². The van der Waals surface area contributed by atoms with Crippen LogP contribution in [-0.4, -0.2) is 36.8 Å². The third kappa shape index (κ3) is 5.31. The fourth-order valence-electron chi connectivity index (χ4n) is 2.19. The Balaban J connectivity index is 2.09. The minimum Gasteiger partial charge on any atom is -0.304 e. The van der Waals surface area contributed by atoms with Gasteiger partial charge in [-0.15, -0.1) is 0 Å².